The van der Waals surface area contributed by atoms with Crippen LogP contribution in [0.3, 0.4) is 0 Å². The minimum absolute atomic E-state index is 0.754. The highest BCUT2D eigenvalue weighted by atomic mass is 16.3. The van der Waals surface area contributed by atoms with Crippen LogP contribution in [0, 0.1) is 11.8 Å². The molecule has 0 saturated heterocycles. The molecule has 0 unspecified atom stereocenters. The van der Waals surface area contributed by atoms with Crippen LogP contribution in [0.25, 0.3) is 11.0 Å². The van der Waals surface area contributed by atoms with E-state index in [1.807, 2.05) is 54.6 Å². The van der Waals surface area contributed by atoms with Gasteiger partial charge in [-0.3, -0.25) is 0 Å². The van der Waals surface area contributed by atoms with Crippen molar-refractivity contribution in [2.24, 2.45) is 0 Å². The molecule has 0 aliphatic heterocycles. The molecule has 0 bridgehead atoms. The summed E-state index contributed by atoms with van der Waals surface area (Å²) in [7, 11) is 0. The molecule has 0 aliphatic rings. The van der Waals surface area contributed by atoms with Gasteiger partial charge in [-0.1, -0.05) is 72.7 Å². The van der Waals surface area contributed by atoms with Crippen molar-refractivity contribution < 1.29 is 4.42 Å². The molecule has 0 amide bonds. The molecule has 114 valence electrons. The van der Waals surface area contributed by atoms with Gasteiger partial charge in [0.15, 0.2) is 5.76 Å². The van der Waals surface area contributed by atoms with Crippen molar-refractivity contribution in [1.82, 2.24) is 0 Å². The molecule has 1 aromatic heterocycles. The summed E-state index contributed by atoms with van der Waals surface area (Å²) < 4.78 is 6.02. The van der Waals surface area contributed by atoms with E-state index in [1.165, 1.54) is 5.56 Å². The second kappa shape index (κ2) is 6.48. The molecule has 0 aliphatic carbocycles. The van der Waals surface area contributed by atoms with Gasteiger partial charge in [-0.05, 0) is 29.7 Å². The zero-order valence-corrected chi connectivity index (χ0v) is 13.2. The van der Waals surface area contributed by atoms with Gasteiger partial charge in [0.2, 0.25) is 0 Å². The second-order valence-electron chi connectivity index (χ2n) is 5.68. The number of rotatable bonds is 2. The Balaban J connectivity index is 1.80. The van der Waals surface area contributed by atoms with Gasteiger partial charge >= 0.3 is 0 Å². The first kappa shape index (κ1) is 14.4. The van der Waals surface area contributed by atoms with Crippen LogP contribution >= 0.6 is 0 Å². The van der Waals surface area contributed by atoms with Crippen LogP contribution < -0.4 is 0 Å². The summed E-state index contributed by atoms with van der Waals surface area (Å²) >= 11 is 0. The van der Waals surface area contributed by atoms with E-state index in [4.69, 9.17) is 4.42 Å². The first-order chi connectivity index (χ1) is 11.9. The Kier molecular flexibility index (Phi) is 3.88. The topological polar surface area (TPSA) is 13.1 Å². The largest absolute Gasteiger partial charge is 0.447 e. The predicted octanol–water partition coefficient (Wildman–Crippen LogP) is 5.42. The number of hydrogen-bond acceptors (Lipinski definition) is 1. The summed E-state index contributed by atoms with van der Waals surface area (Å²) in [6, 6.07) is 28.6. The van der Waals surface area contributed by atoms with E-state index in [0.717, 1.165) is 34.3 Å². The zero-order valence-electron chi connectivity index (χ0n) is 13.2. The van der Waals surface area contributed by atoms with Crippen LogP contribution in [0.5, 0.6) is 0 Å². The van der Waals surface area contributed by atoms with Gasteiger partial charge in [-0.15, -0.1) is 0 Å². The van der Waals surface area contributed by atoms with Gasteiger partial charge in [0.25, 0.3) is 0 Å². The molecule has 4 aromatic rings. The van der Waals surface area contributed by atoms with Gasteiger partial charge in [-0.2, -0.15) is 0 Å². The molecule has 1 heterocycles. The van der Waals surface area contributed by atoms with E-state index in [9.17, 15) is 0 Å². The lowest BCUT2D eigenvalue weighted by Gasteiger charge is -2.00. The Labute approximate surface area is 141 Å². The van der Waals surface area contributed by atoms with E-state index in [2.05, 4.69) is 42.2 Å². The maximum absolute atomic E-state index is 6.02. The van der Waals surface area contributed by atoms with Gasteiger partial charge in [0.1, 0.15) is 5.58 Å². The number of furan rings is 1. The number of benzene rings is 3. The molecule has 0 radical (unpaired) electrons. The van der Waals surface area contributed by atoms with Crippen molar-refractivity contribution in [3.05, 3.63) is 107 Å². The van der Waals surface area contributed by atoms with Crippen molar-refractivity contribution >= 4 is 11.0 Å². The maximum Gasteiger partial charge on any atom is 0.182 e. The summed E-state index contributed by atoms with van der Waals surface area (Å²) in [5.41, 5.74) is 4.29. The third-order valence-electron chi connectivity index (χ3n) is 4.02. The van der Waals surface area contributed by atoms with Crippen molar-refractivity contribution in [3.8, 4) is 11.8 Å². The van der Waals surface area contributed by atoms with E-state index < -0.39 is 0 Å². The van der Waals surface area contributed by atoms with Crippen LogP contribution in [0.2, 0.25) is 0 Å². The zero-order chi connectivity index (χ0) is 16.2. The number of hydrogen-bond donors (Lipinski definition) is 0. The summed E-state index contributed by atoms with van der Waals surface area (Å²) in [5, 5.41) is 1.14. The van der Waals surface area contributed by atoms with Crippen molar-refractivity contribution in [2.45, 2.75) is 6.42 Å². The minimum Gasteiger partial charge on any atom is -0.447 e. The van der Waals surface area contributed by atoms with E-state index in [0.29, 0.717) is 0 Å². The fourth-order valence-electron chi connectivity index (χ4n) is 2.83. The van der Waals surface area contributed by atoms with Crippen LogP contribution in [-0.4, -0.2) is 0 Å². The highest BCUT2D eigenvalue weighted by Crippen LogP contribution is 2.27. The lowest BCUT2D eigenvalue weighted by Crippen LogP contribution is -1.89. The Hall–Kier alpha value is -3.24. The average molecular weight is 308 g/mol. The van der Waals surface area contributed by atoms with E-state index >= 15 is 0 Å². The molecule has 0 saturated carbocycles. The van der Waals surface area contributed by atoms with Gasteiger partial charge in [0.05, 0.1) is 0 Å². The van der Waals surface area contributed by atoms with Crippen LogP contribution in [0.4, 0.5) is 0 Å². The Morgan fingerprint density at radius 3 is 2.12 bits per heavy atom. The molecule has 0 fully saturated rings. The average Bonchev–Trinajstić information content (AvgIpc) is 2.99. The Bertz CT molecular complexity index is 1020. The third kappa shape index (κ3) is 2.95. The highest BCUT2D eigenvalue weighted by molar-refractivity contribution is 5.83. The first-order valence-corrected chi connectivity index (χ1v) is 8.01. The lowest BCUT2D eigenvalue weighted by molar-refractivity contribution is 0.597. The van der Waals surface area contributed by atoms with E-state index in [1.54, 1.807) is 0 Å². The fourth-order valence-corrected chi connectivity index (χ4v) is 2.83. The smallest absolute Gasteiger partial charge is 0.182 e. The molecule has 1 nitrogen and oxygen atoms in total. The third-order valence-corrected chi connectivity index (χ3v) is 4.02. The normalized spacial score (nSPS) is 10.3. The molecule has 0 spiro atoms. The minimum atomic E-state index is 0.754. The SMILES string of the molecule is C(#Cc1oc2ccccc2c1Cc1ccccc1)c1ccccc1. The quantitative estimate of drug-likeness (QED) is 0.450. The molecule has 4 rings (SSSR count). The molecular weight excluding hydrogens is 292 g/mol. The molecule has 1 heteroatoms. The molecule has 0 N–H and O–H groups in total. The van der Waals surface area contributed by atoms with Crippen molar-refractivity contribution in [3.63, 3.8) is 0 Å². The number of fused-ring (bicyclic) bond motifs is 1. The van der Waals surface area contributed by atoms with Crippen LogP contribution in [0.15, 0.2) is 89.3 Å². The molecule has 0 atom stereocenters. The van der Waals surface area contributed by atoms with Crippen LogP contribution in [0.1, 0.15) is 22.5 Å². The van der Waals surface area contributed by atoms with Gasteiger partial charge < -0.3 is 4.42 Å². The van der Waals surface area contributed by atoms with E-state index in [-0.39, 0.29) is 0 Å². The summed E-state index contributed by atoms with van der Waals surface area (Å²) in [4.78, 5) is 0. The van der Waals surface area contributed by atoms with Crippen LogP contribution in [-0.2, 0) is 6.42 Å². The Morgan fingerprint density at radius 1 is 0.667 bits per heavy atom. The molecule has 24 heavy (non-hydrogen) atoms. The second-order valence-corrected chi connectivity index (χ2v) is 5.68. The first-order valence-electron chi connectivity index (χ1n) is 8.01. The van der Waals surface area contributed by atoms with Crippen molar-refractivity contribution in [2.75, 3.05) is 0 Å². The summed E-state index contributed by atoms with van der Waals surface area (Å²) in [5.74, 6) is 7.18. The maximum atomic E-state index is 6.02. The molecule has 3 aromatic carbocycles. The molecular formula is C23H16O. The summed E-state index contributed by atoms with van der Waals surface area (Å²) in [6.07, 6.45) is 0.816. The predicted molar refractivity (Wildman–Crippen MR) is 97.9 cm³/mol. The van der Waals surface area contributed by atoms with Gasteiger partial charge in [-0.25, -0.2) is 0 Å². The summed E-state index contributed by atoms with van der Waals surface area (Å²) in [6.45, 7) is 0. The highest BCUT2D eigenvalue weighted by Gasteiger charge is 2.12. The lowest BCUT2D eigenvalue weighted by atomic mass is 10.0. The fraction of sp³-hybridized carbons (Fsp3) is 0.0435. The Morgan fingerprint density at radius 2 is 1.33 bits per heavy atom. The monoisotopic (exact) mass is 308 g/mol. The van der Waals surface area contributed by atoms with Gasteiger partial charge in [0, 0.05) is 22.9 Å². The standard InChI is InChI=1S/C23H16O/c1-3-9-18(10-4-1)15-16-23-21(17-19-11-5-2-6-12-19)20-13-7-8-14-22(20)24-23/h1-14H,17H2. The number of para-hydroxylation sites is 1. The van der Waals surface area contributed by atoms with Crippen molar-refractivity contribution in [1.29, 1.82) is 0 Å².